The monoisotopic (exact) mass is 282 g/mol. The third-order valence-corrected chi connectivity index (χ3v) is 4.15. The molecule has 0 aromatic carbocycles. The average molecular weight is 282 g/mol. The molecule has 2 heterocycles. The average Bonchev–Trinajstić information content (AvgIpc) is 2.62. The SMILES string of the molecule is CC(C)C1NC(=O)CCN(CC2CCC(C)(C)O2)C1=O. The zero-order valence-corrected chi connectivity index (χ0v) is 12.9. The predicted molar refractivity (Wildman–Crippen MR) is 76.2 cm³/mol. The van der Waals surface area contributed by atoms with Gasteiger partial charge in [0.2, 0.25) is 11.8 Å². The molecule has 0 aliphatic carbocycles. The van der Waals surface area contributed by atoms with Crippen LogP contribution in [0.1, 0.15) is 47.0 Å². The summed E-state index contributed by atoms with van der Waals surface area (Å²) < 4.78 is 5.96. The molecule has 2 unspecified atom stereocenters. The number of ether oxygens (including phenoxy) is 1. The second kappa shape index (κ2) is 5.72. The van der Waals surface area contributed by atoms with Gasteiger partial charge < -0.3 is 15.0 Å². The highest BCUT2D eigenvalue weighted by molar-refractivity contribution is 5.90. The summed E-state index contributed by atoms with van der Waals surface area (Å²) in [6, 6.07) is -0.403. The van der Waals surface area contributed by atoms with E-state index in [-0.39, 0.29) is 29.4 Å². The minimum Gasteiger partial charge on any atom is -0.371 e. The second-order valence-electron chi connectivity index (χ2n) is 6.86. The quantitative estimate of drug-likeness (QED) is 0.849. The summed E-state index contributed by atoms with van der Waals surface area (Å²) in [5.41, 5.74) is -0.0922. The van der Waals surface area contributed by atoms with Crippen LogP contribution in [-0.2, 0) is 14.3 Å². The van der Waals surface area contributed by atoms with Gasteiger partial charge in [-0.25, -0.2) is 0 Å². The van der Waals surface area contributed by atoms with Crippen molar-refractivity contribution in [2.75, 3.05) is 13.1 Å². The third-order valence-electron chi connectivity index (χ3n) is 4.15. The van der Waals surface area contributed by atoms with Gasteiger partial charge in [-0.15, -0.1) is 0 Å². The van der Waals surface area contributed by atoms with Gasteiger partial charge in [0.15, 0.2) is 0 Å². The molecule has 5 heteroatoms. The first-order valence-corrected chi connectivity index (χ1v) is 7.54. The summed E-state index contributed by atoms with van der Waals surface area (Å²) in [5.74, 6) is 0.0966. The molecule has 0 spiro atoms. The van der Waals surface area contributed by atoms with Gasteiger partial charge in [-0.2, -0.15) is 0 Å². The lowest BCUT2D eigenvalue weighted by Gasteiger charge is -2.29. The Morgan fingerprint density at radius 2 is 2.10 bits per heavy atom. The van der Waals surface area contributed by atoms with E-state index in [1.807, 2.05) is 13.8 Å². The summed E-state index contributed by atoms with van der Waals surface area (Å²) >= 11 is 0. The van der Waals surface area contributed by atoms with E-state index >= 15 is 0 Å². The normalized spacial score (nSPS) is 30.6. The van der Waals surface area contributed by atoms with Gasteiger partial charge in [0.1, 0.15) is 6.04 Å². The van der Waals surface area contributed by atoms with Crippen LogP contribution in [0.25, 0.3) is 0 Å². The highest BCUT2D eigenvalue weighted by Crippen LogP contribution is 2.30. The molecule has 0 radical (unpaired) electrons. The van der Waals surface area contributed by atoms with Gasteiger partial charge in [0.05, 0.1) is 11.7 Å². The largest absolute Gasteiger partial charge is 0.371 e. The molecule has 0 aromatic heterocycles. The zero-order chi connectivity index (χ0) is 14.9. The summed E-state index contributed by atoms with van der Waals surface area (Å²) in [4.78, 5) is 26.0. The maximum atomic E-state index is 12.5. The van der Waals surface area contributed by atoms with Crippen LogP contribution in [0.2, 0.25) is 0 Å². The van der Waals surface area contributed by atoms with Crippen LogP contribution in [0.15, 0.2) is 0 Å². The van der Waals surface area contributed by atoms with Crippen LogP contribution in [-0.4, -0.2) is 47.6 Å². The predicted octanol–water partition coefficient (Wildman–Crippen LogP) is 1.32. The maximum Gasteiger partial charge on any atom is 0.245 e. The minimum absolute atomic E-state index is 0.0270. The van der Waals surface area contributed by atoms with Crippen molar-refractivity contribution < 1.29 is 14.3 Å². The fourth-order valence-electron chi connectivity index (χ4n) is 2.94. The van der Waals surface area contributed by atoms with Gasteiger partial charge in [-0.3, -0.25) is 9.59 Å². The van der Waals surface area contributed by atoms with E-state index < -0.39 is 6.04 Å². The Bertz CT molecular complexity index is 393. The molecule has 2 rings (SSSR count). The van der Waals surface area contributed by atoms with E-state index in [4.69, 9.17) is 4.74 Å². The number of hydrogen-bond acceptors (Lipinski definition) is 3. The Kier molecular flexibility index (Phi) is 4.37. The molecule has 2 fully saturated rings. The van der Waals surface area contributed by atoms with Crippen molar-refractivity contribution in [3.8, 4) is 0 Å². The molecule has 2 aliphatic rings. The number of nitrogens with zero attached hydrogens (tertiary/aromatic N) is 1. The Morgan fingerprint density at radius 1 is 1.40 bits per heavy atom. The fraction of sp³-hybridized carbons (Fsp3) is 0.867. The van der Waals surface area contributed by atoms with Crippen molar-refractivity contribution in [2.24, 2.45) is 5.92 Å². The van der Waals surface area contributed by atoms with E-state index in [0.717, 1.165) is 12.8 Å². The van der Waals surface area contributed by atoms with E-state index in [9.17, 15) is 9.59 Å². The van der Waals surface area contributed by atoms with Gasteiger partial charge in [-0.05, 0) is 32.6 Å². The standard InChI is InChI=1S/C15H26N2O3/c1-10(2)13-14(19)17(8-6-12(18)16-13)9-11-5-7-15(3,4)20-11/h10-11,13H,5-9H2,1-4H3,(H,16,18). The Balaban J connectivity index is 2.02. The summed E-state index contributed by atoms with van der Waals surface area (Å²) in [6.07, 6.45) is 2.47. The fourth-order valence-corrected chi connectivity index (χ4v) is 2.94. The van der Waals surface area contributed by atoms with Crippen molar-refractivity contribution in [1.82, 2.24) is 10.2 Å². The Labute approximate surface area is 121 Å². The molecule has 2 atom stereocenters. The van der Waals surface area contributed by atoms with Crippen LogP contribution in [0.5, 0.6) is 0 Å². The summed E-state index contributed by atoms with van der Waals surface area (Å²) in [7, 11) is 0. The van der Waals surface area contributed by atoms with Gasteiger partial charge >= 0.3 is 0 Å². The van der Waals surface area contributed by atoms with Crippen LogP contribution < -0.4 is 5.32 Å². The van der Waals surface area contributed by atoms with E-state index in [0.29, 0.717) is 19.5 Å². The first kappa shape index (κ1) is 15.3. The molecule has 0 saturated carbocycles. The molecule has 114 valence electrons. The number of hydrogen-bond donors (Lipinski definition) is 1. The number of rotatable bonds is 3. The lowest BCUT2D eigenvalue weighted by atomic mass is 10.0. The van der Waals surface area contributed by atoms with Crippen molar-refractivity contribution in [2.45, 2.75) is 64.7 Å². The van der Waals surface area contributed by atoms with Gasteiger partial charge in [-0.1, -0.05) is 13.8 Å². The lowest BCUT2D eigenvalue weighted by molar-refractivity contribution is -0.137. The Hall–Kier alpha value is -1.10. The highest BCUT2D eigenvalue weighted by Gasteiger charge is 2.37. The maximum absolute atomic E-state index is 12.5. The highest BCUT2D eigenvalue weighted by atomic mass is 16.5. The van der Waals surface area contributed by atoms with E-state index in [1.54, 1.807) is 4.90 Å². The topological polar surface area (TPSA) is 58.6 Å². The number of nitrogens with one attached hydrogen (secondary N) is 1. The van der Waals surface area contributed by atoms with Crippen molar-refractivity contribution in [3.63, 3.8) is 0 Å². The molecule has 2 amide bonds. The molecule has 20 heavy (non-hydrogen) atoms. The van der Waals surface area contributed by atoms with E-state index in [2.05, 4.69) is 19.2 Å². The van der Waals surface area contributed by atoms with Gasteiger partial charge in [0, 0.05) is 19.5 Å². The first-order chi connectivity index (χ1) is 9.28. The summed E-state index contributed by atoms with van der Waals surface area (Å²) in [6.45, 7) is 9.18. The molecule has 2 saturated heterocycles. The van der Waals surface area contributed by atoms with Crippen LogP contribution in [0, 0.1) is 5.92 Å². The molecular formula is C15H26N2O3. The molecular weight excluding hydrogens is 256 g/mol. The lowest BCUT2D eigenvalue weighted by Crippen LogP contribution is -2.49. The molecule has 2 aliphatic heterocycles. The van der Waals surface area contributed by atoms with Crippen LogP contribution in [0.4, 0.5) is 0 Å². The Morgan fingerprint density at radius 3 is 2.65 bits per heavy atom. The van der Waals surface area contributed by atoms with Crippen molar-refractivity contribution >= 4 is 11.8 Å². The number of carbonyl (C=O) groups excluding carboxylic acids is 2. The van der Waals surface area contributed by atoms with Crippen molar-refractivity contribution in [3.05, 3.63) is 0 Å². The zero-order valence-electron chi connectivity index (χ0n) is 12.9. The summed E-state index contributed by atoms with van der Waals surface area (Å²) in [5, 5.41) is 2.83. The third kappa shape index (κ3) is 3.51. The molecule has 0 bridgehead atoms. The van der Waals surface area contributed by atoms with E-state index in [1.165, 1.54) is 0 Å². The molecule has 1 N–H and O–H groups in total. The smallest absolute Gasteiger partial charge is 0.245 e. The van der Waals surface area contributed by atoms with Gasteiger partial charge in [0.25, 0.3) is 0 Å². The van der Waals surface area contributed by atoms with Crippen molar-refractivity contribution in [1.29, 1.82) is 0 Å². The van der Waals surface area contributed by atoms with Crippen LogP contribution in [0.3, 0.4) is 0 Å². The minimum atomic E-state index is -0.403. The molecule has 0 aromatic rings. The number of carbonyl (C=O) groups is 2. The first-order valence-electron chi connectivity index (χ1n) is 7.54. The number of amides is 2. The second-order valence-corrected chi connectivity index (χ2v) is 6.86. The van der Waals surface area contributed by atoms with Crippen LogP contribution >= 0.6 is 0 Å². The molecule has 5 nitrogen and oxygen atoms in total.